The molecular formula is C15H13N3O2S. The topological polar surface area (TPSA) is 75.1 Å². The molecule has 0 aliphatic carbocycles. The summed E-state index contributed by atoms with van der Waals surface area (Å²) in [4.78, 5) is 19.3. The first-order valence-electron chi connectivity index (χ1n) is 6.44. The monoisotopic (exact) mass is 299 g/mol. The van der Waals surface area contributed by atoms with Crippen molar-refractivity contribution < 1.29 is 9.90 Å². The van der Waals surface area contributed by atoms with Gasteiger partial charge < -0.3 is 10.4 Å². The third-order valence-corrected chi connectivity index (χ3v) is 3.89. The van der Waals surface area contributed by atoms with Gasteiger partial charge in [0.2, 0.25) is 5.82 Å². The molecule has 0 spiro atoms. The number of thiophene rings is 1. The molecule has 0 bridgehead atoms. The summed E-state index contributed by atoms with van der Waals surface area (Å²) in [5, 5.41) is 17.3. The van der Waals surface area contributed by atoms with E-state index in [4.69, 9.17) is 5.11 Å². The van der Waals surface area contributed by atoms with Crippen LogP contribution in [0.25, 0.3) is 10.9 Å². The van der Waals surface area contributed by atoms with Crippen LogP contribution in [0, 0.1) is 0 Å². The van der Waals surface area contributed by atoms with Crippen molar-refractivity contribution in [3.8, 4) is 0 Å². The van der Waals surface area contributed by atoms with Crippen LogP contribution in [0.5, 0.6) is 0 Å². The summed E-state index contributed by atoms with van der Waals surface area (Å²) in [6.07, 6.45) is 0. The molecule has 2 aromatic heterocycles. The van der Waals surface area contributed by atoms with Crippen LogP contribution in [-0.4, -0.2) is 21.0 Å². The van der Waals surface area contributed by atoms with Crippen molar-refractivity contribution in [3.63, 3.8) is 0 Å². The molecule has 1 atom stereocenters. The van der Waals surface area contributed by atoms with Gasteiger partial charge in [0.25, 0.3) is 0 Å². The Bertz CT molecular complexity index is 787. The molecule has 0 saturated carbocycles. The smallest absolute Gasteiger partial charge is 0.374 e. The molecule has 106 valence electrons. The number of fused-ring (bicyclic) bond motifs is 1. The zero-order chi connectivity index (χ0) is 14.8. The maximum absolute atomic E-state index is 11.2. The first-order valence-corrected chi connectivity index (χ1v) is 7.38. The molecule has 6 heteroatoms. The largest absolute Gasteiger partial charge is 0.475 e. The molecule has 1 aromatic carbocycles. The van der Waals surface area contributed by atoms with Gasteiger partial charge in [0.15, 0.2) is 0 Å². The van der Waals surface area contributed by atoms with Gasteiger partial charge in [-0.15, -0.1) is 0 Å². The van der Waals surface area contributed by atoms with Crippen molar-refractivity contribution in [3.05, 3.63) is 52.5 Å². The standard InChI is InChI=1S/C15H13N3O2S/c1-9(10-6-7-21-8-10)16-13-11-4-2-3-5-12(11)17-14(18-13)15(19)20/h2-9H,1H3,(H,19,20)(H,16,17,18). The highest BCUT2D eigenvalue weighted by atomic mass is 32.1. The highest BCUT2D eigenvalue weighted by Crippen LogP contribution is 2.25. The average molecular weight is 299 g/mol. The van der Waals surface area contributed by atoms with Crippen molar-refractivity contribution in [1.29, 1.82) is 0 Å². The van der Waals surface area contributed by atoms with Crippen LogP contribution >= 0.6 is 11.3 Å². The van der Waals surface area contributed by atoms with Gasteiger partial charge in [-0.05, 0) is 41.4 Å². The van der Waals surface area contributed by atoms with Crippen LogP contribution in [0.1, 0.15) is 29.1 Å². The summed E-state index contributed by atoms with van der Waals surface area (Å²) in [5.74, 6) is -0.794. The van der Waals surface area contributed by atoms with Gasteiger partial charge in [-0.1, -0.05) is 12.1 Å². The number of anilines is 1. The van der Waals surface area contributed by atoms with Gasteiger partial charge in [0, 0.05) is 5.39 Å². The molecular weight excluding hydrogens is 286 g/mol. The number of benzene rings is 1. The van der Waals surface area contributed by atoms with E-state index >= 15 is 0 Å². The highest BCUT2D eigenvalue weighted by molar-refractivity contribution is 7.08. The number of hydrogen-bond donors (Lipinski definition) is 2. The number of carboxylic acid groups (broad SMARTS) is 1. The van der Waals surface area contributed by atoms with E-state index in [0.29, 0.717) is 11.3 Å². The first kappa shape index (κ1) is 13.5. The second-order valence-electron chi connectivity index (χ2n) is 4.64. The number of aromatic nitrogens is 2. The molecule has 2 heterocycles. The number of carboxylic acids is 1. The Morgan fingerprint density at radius 2 is 2.10 bits per heavy atom. The van der Waals surface area contributed by atoms with E-state index in [9.17, 15) is 4.79 Å². The van der Waals surface area contributed by atoms with Crippen LogP contribution in [-0.2, 0) is 0 Å². The SMILES string of the molecule is CC(Nc1nc(C(=O)O)nc2ccccc12)c1ccsc1. The first-order chi connectivity index (χ1) is 10.1. The number of rotatable bonds is 4. The Labute approximate surface area is 125 Å². The summed E-state index contributed by atoms with van der Waals surface area (Å²) in [6.45, 7) is 2.01. The average Bonchev–Trinajstić information content (AvgIpc) is 3.01. The quantitative estimate of drug-likeness (QED) is 0.770. The van der Waals surface area contributed by atoms with Crippen LogP contribution in [0.4, 0.5) is 5.82 Å². The Balaban J connectivity index is 2.05. The summed E-state index contributed by atoms with van der Waals surface area (Å²) >= 11 is 1.62. The lowest BCUT2D eigenvalue weighted by molar-refractivity contribution is 0.0684. The zero-order valence-electron chi connectivity index (χ0n) is 11.3. The molecule has 0 fully saturated rings. The summed E-state index contributed by atoms with van der Waals surface area (Å²) in [7, 11) is 0. The normalized spacial score (nSPS) is 12.2. The van der Waals surface area contributed by atoms with E-state index in [-0.39, 0.29) is 11.9 Å². The highest BCUT2D eigenvalue weighted by Gasteiger charge is 2.14. The predicted molar refractivity (Wildman–Crippen MR) is 82.9 cm³/mol. The number of para-hydroxylation sites is 1. The molecule has 1 unspecified atom stereocenters. The second kappa shape index (κ2) is 5.49. The third-order valence-electron chi connectivity index (χ3n) is 3.19. The van der Waals surface area contributed by atoms with Gasteiger partial charge in [-0.2, -0.15) is 11.3 Å². The summed E-state index contributed by atoms with van der Waals surface area (Å²) < 4.78 is 0. The molecule has 0 amide bonds. The van der Waals surface area contributed by atoms with Crippen molar-refractivity contribution in [2.75, 3.05) is 5.32 Å². The van der Waals surface area contributed by atoms with E-state index in [1.165, 1.54) is 0 Å². The number of aromatic carboxylic acids is 1. The summed E-state index contributed by atoms with van der Waals surface area (Å²) in [5.41, 5.74) is 1.75. The van der Waals surface area contributed by atoms with Gasteiger partial charge >= 0.3 is 5.97 Å². The lowest BCUT2D eigenvalue weighted by Gasteiger charge is -2.15. The molecule has 3 aromatic rings. The molecule has 3 rings (SSSR count). The minimum Gasteiger partial charge on any atom is -0.475 e. The van der Waals surface area contributed by atoms with Crippen LogP contribution in [0.3, 0.4) is 0 Å². The van der Waals surface area contributed by atoms with Crippen molar-refractivity contribution in [1.82, 2.24) is 9.97 Å². The number of hydrogen-bond acceptors (Lipinski definition) is 5. The fourth-order valence-corrected chi connectivity index (χ4v) is 2.85. The Morgan fingerprint density at radius 3 is 2.81 bits per heavy atom. The van der Waals surface area contributed by atoms with Gasteiger partial charge in [0.05, 0.1) is 11.6 Å². The number of nitrogens with zero attached hydrogens (tertiary/aromatic N) is 2. The predicted octanol–water partition coefficient (Wildman–Crippen LogP) is 3.56. The molecule has 5 nitrogen and oxygen atoms in total. The molecule has 2 N–H and O–H groups in total. The zero-order valence-corrected chi connectivity index (χ0v) is 12.1. The van der Waals surface area contributed by atoms with E-state index in [2.05, 4.69) is 20.7 Å². The van der Waals surface area contributed by atoms with Crippen molar-refractivity contribution >= 4 is 34.0 Å². The van der Waals surface area contributed by atoms with Gasteiger partial charge in [-0.3, -0.25) is 0 Å². The van der Waals surface area contributed by atoms with E-state index < -0.39 is 5.97 Å². The van der Waals surface area contributed by atoms with E-state index in [0.717, 1.165) is 10.9 Å². The fourth-order valence-electron chi connectivity index (χ4n) is 2.09. The Hall–Kier alpha value is -2.47. The Kier molecular flexibility index (Phi) is 3.53. The fraction of sp³-hybridized carbons (Fsp3) is 0.133. The maximum atomic E-state index is 11.2. The number of nitrogens with one attached hydrogen (secondary N) is 1. The van der Waals surface area contributed by atoms with Gasteiger partial charge in [0.1, 0.15) is 5.82 Å². The summed E-state index contributed by atoms with van der Waals surface area (Å²) in [6, 6.07) is 9.44. The lowest BCUT2D eigenvalue weighted by atomic mass is 10.1. The minimum atomic E-state index is -1.13. The van der Waals surface area contributed by atoms with E-state index in [1.54, 1.807) is 17.4 Å². The second-order valence-corrected chi connectivity index (χ2v) is 5.42. The molecule has 21 heavy (non-hydrogen) atoms. The van der Waals surface area contributed by atoms with Gasteiger partial charge in [-0.25, -0.2) is 14.8 Å². The Morgan fingerprint density at radius 1 is 1.29 bits per heavy atom. The molecule has 0 aliphatic heterocycles. The van der Waals surface area contributed by atoms with Crippen LogP contribution in [0.2, 0.25) is 0 Å². The lowest BCUT2D eigenvalue weighted by Crippen LogP contribution is -2.11. The maximum Gasteiger partial charge on any atom is 0.374 e. The number of carbonyl (C=O) groups is 1. The third kappa shape index (κ3) is 2.71. The van der Waals surface area contributed by atoms with Crippen LogP contribution < -0.4 is 5.32 Å². The van der Waals surface area contributed by atoms with Crippen molar-refractivity contribution in [2.24, 2.45) is 0 Å². The van der Waals surface area contributed by atoms with E-state index in [1.807, 2.05) is 36.6 Å². The van der Waals surface area contributed by atoms with Crippen molar-refractivity contribution in [2.45, 2.75) is 13.0 Å². The molecule has 0 saturated heterocycles. The molecule has 0 radical (unpaired) electrons. The minimum absolute atomic E-state index is 0.0381. The molecule has 0 aliphatic rings. The van der Waals surface area contributed by atoms with Crippen LogP contribution in [0.15, 0.2) is 41.1 Å².